The van der Waals surface area contributed by atoms with Crippen LogP contribution in [0.1, 0.15) is 13.3 Å². The zero-order valence-corrected chi connectivity index (χ0v) is 10.3. The van der Waals surface area contributed by atoms with E-state index in [9.17, 15) is 5.11 Å². The Morgan fingerprint density at radius 1 is 1.77 bits per heavy atom. The molecule has 3 nitrogen and oxygen atoms in total. The van der Waals surface area contributed by atoms with E-state index in [1.807, 2.05) is 6.92 Å². The number of aliphatic hydroxyl groups is 1. The van der Waals surface area contributed by atoms with Gasteiger partial charge in [-0.05, 0) is 22.4 Å². The summed E-state index contributed by atoms with van der Waals surface area (Å²) in [5.74, 6) is -0.222. The van der Waals surface area contributed by atoms with Crippen LogP contribution in [-0.4, -0.2) is 9.93 Å². The second-order valence-corrected chi connectivity index (χ2v) is 4.34. The van der Waals surface area contributed by atoms with Gasteiger partial charge in [0.05, 0.1) is 4.48 Å². The first kappa shape index (κ1) is 12.5. The molecule has 0 aromatic carbocycles. The molecule has 3 N–H and O–H groups in total. The number of rotatable bonds is 3. The van der Waals surface area contributed by atoms with Crippen molar-refractivity contribution in [1.82, 2.24) is 0 Å². The number of allylic oxidation sites excluding steroid dienone is 3. The number of nitrogens with zero attached hydrogens (tertiary/aromatic N) is 1. The Hall–Kier alpha value is -0.470. The van der Waals surface area contributed by atoms with Gasteiger partial charge in [0.15, 0.2) is 11.5 Å². The maximum atomic E-state index is 9.33. The molecule has 1 atom stereocenters. The molecule has 0 aromatic heterocycles. The number of hydrogen-bond donors (Lipinski definition) is 2. The normalized spacial score (nSPS) is 16.0. The third-order valence-electron chi connectivity index (χ3n) is 1.32. The van der Waals surface area contributed by atoms with E-state index in [1.165, 1.54) is 0 Å². The maximum absolute atomic E-state index is 9.33. The zero-order chi connectivity index (χ0) is 10.4. The van der Waals surface area contributed by atoms with Crippen molar-refractivity contribution in [2.45, 2.75) is 18.2 Å². The average Bonchev–Trinajstić information content (AvgIpc) is 2.14. The predicted molar refractivity (Wildman–Crippen MR) is 59.5 cm³/mol. The highest BCUT2D eigenvalue weighted by Gasteiger charge is 2.06. The first-order valence-electron chi connectivity index (χ1n) is 3.63. The van der Waals surface area contributed by atoms with Crippen molar-refractivity contribution in [3.05, 3.63) is 22.0 Å². The Labute approximate surface area is 94.2 Å². The molecule has 13 heavy (non-hydrogen) atoms. The predicted octanol–water partition coefficient (Wildman–Crippen LogP) is 2.69. The van der Waals surface area contributed by atoms with Gasteiger partial charge < -0.3 is 10.8 Å². The molecule has 0 amide bonds. The van der Waals surface area contributed by atoms with Crippen molar-refractivity contribution in [2.24, 2.45) is 5.73 Å². The molecular formula is C8H10Br2N2O. The molecule has 0 heterocycles. The summed E-state index contributed by atoms with van der Waals surface area (Å²) in [4.78, 5) is 0.149. The van der Waals surface area contributed by atoms with E-state index in [0.29, 0.717) is 4.48 Å². The van der Waals surface area contributed by atoms with Crippen molar-refractivity contribution in [2.75, 3.05) is 0 Å². The number of aliphatic hydroxyl groups excluding tert-OH is 1. The Bertz CT molecular complexity index is 278. The summed E-state index contributed by atoms with van der Waals surface area (Å²) >= 11 is 6.47. The van der Waals surface area contributed by atoms with E-state index in [4.69, 9.17) is 11.0 Å². The number of hydrogen-bond acceptors (Lipinski definition) is 3. The summed E-state index contributed by atoms with van der Waals surface area (Å²) < 4.78 is 0.426. The summed E-state index contributed by atoms with van der Waals surface area (Å²) in [5, 5.41) is 17.7. The number of halogens is 2. The van der Waals surface area contributed by atoms with E-state index in [0.717, 1.165) is 6.42 Å². The third kappa shape index (κ3) is 4.34. The molecule has 0 spiro atoms. The lowest BCUT2D eigenvalue weighted by atomic mass is 10.3. The van der Waals surface area contributed by atoms with Crippen LogP contribution < -0.4 is 5.73 Å². The largest absolute Gasteiger partial charge is 0.504 e. The van der Waals surface area contributed by atoms with Gasteiger partial charge in [0.25, 0.3) is 0 Å². The van der Waals surface area contributed by atoms with Gasteiger partial charge in [-0.3, -0.25) is 0 Å². The smallest absolute Gasteiger partial charge is 0.163 e. The molecule has 0 fully saturated rings. The van der Waals surface area contributed by atoms with Crippen molar-refractivity contribution in [1.29, 1.82) is 5.26 Å². The van der Waals surface area contributed by atoms with Crippen LogP contribution in [0.25, 0.3) is 0 Å². The minimum atomic E-state index is -0.222. The van der Waals surface area contributed by atoms with Crippen LogP contribution in [0.3, 0.4) is 0 Å². The van der Waals surface area contributed by atoms with Crippen molar-refractivity contribution in [3.8, 4) is 6.07 Å². The van der Waals surface area contributed by atoms with E-state index >= 15 is 0 Å². The van der Waals surface area contributed by atoms with E-state index in [2.05, 4.69) is 31.9 Å². The molecule has 0 aromatic rings. The van der Waals surface area contributed by atoms with Crippen molar-refractivity contribution >= 4 is 31.9 Å². The summed E-state index contributed by atoms with van der Waals surface area (Å²) in [7, 11) is 0. The molecule has 0 radical (unpaired) electrons. The fraction of sp³-hybridized carbons (Fsp3) is 0.375. The molecule has 0 saturated heterocycles. The summed E-state index contributed by atoms with van der Waals surface area (Å²) in [5.41, 5.74) is 5.02. The van der Waals surface area contributed by atoms with Gasteiger partial charge in [0, 0.05) is 4.83 Å². The Morgan fingerprint density at radius 3 is 2.69 bits per heavy atom. The number of nitrogens with two attached hydrogens (primary N) is 1. The van der Waals surface area contributed by atoms with E-state index in [1.54, 1.807) is 12.1 Å². The van der Waals surface area contributed by atoms with Gasteiger partial charge >= 0.3 is 0 Å². The third-order valence-corrected chi connectivity index (χ3v) is 2.87. The fourth-order valence-corrected chi connectivity index (χ4v) is 1.69. The molecule has 5 heteroatoms. The minimum absolute atomic E-state index is 0.149. The van der Waals surface area contributed by atoms with E-state index < -0.39 is 0 Å². The summed E-state index contributed by atoms with van der Waals surface area (Å²) in [6.45, 7) is 1.99. The lowest BCUT2D eigenvalue weighted by Crippen LogP contribution is -2.01. The molecule has 0 aliphatic heterocycles. The second-order valence-electron chi connectivity index (χ2n) is 2.31. The van der Waals surface area contributed by atoms with Crippen molar-refractivity contribution in [3.63, 3.8) is 0 Å². The lowest BCUT2D eigenvalue weighted by Gasteiger charge is -2.02. The lowest BCUT2D eigenvalue weighted by molar-refractivity contribution is 0.425. The monoisotopic (exact) mass is 308 g/mol. The molecule has 0 rings (SSSR count). The van der Waals surface area contributed by atoms with Crippen LogP contribution in [0.5, 0.6) is 0 Å². The number of alkyl halides is 1. The molecule has 0 aliphatic carbocycles. The van der Waals surface area contributed by atoms with Crippen LogP contribution in [0, 0.1) is 11.3 Å². The Balaban J connectivity index is 4.72. The highest BCUT2D eigenvalue weighted by molar-refractivity contribution is 9.12. The highest BCUT2D eigenvalue weighted by atomic mass is 79.9. The molecule has 72 valence electrons. The summed E-state index contributed by atoms with van der Waals surface area (Å²) in [6, 6.07) is 1.66. The standard InChI is InChI=1S/C8H10Br2N2O/c1-2-5(9)3-6(10)8(13)7(12)4-11/h3,5,13H,2,12H2,1H3/b6-3+,8-7+. The summed E-state index contributed by atoms with van der Waals surface area (Å²) in [6.07, 6.45) is 2.62. The molecule has 0 bridgehead atoms. The fourth-order valence-electron chi connectivity index (χ4n) is 0.537. The van der Waals surface area contributed by atoms with Gasteiger partial charge in [-0.15, -0.1) is 0 Å². The topological polar surface area (TPSA) is 70.0 Å². The van der Waals surface area contributed by atoms with Gasteiger partial charge in [-0.1, -0.05) is 28.9 Å². The van der Waals surface area contributed by atoms with Crippen LogP contribution in [0.15, 0.2) is 22.0 Å². The zero-order valence-electron chi connectivity index (χ0n) is 7.09. The second kappa shape index (κ2) is 6.06. The van der Waals surface area contributed by atoms with Crippen LogP contribution in [-0.2, 0) is 0 Å². The molecule has 0 saturated carbocycles. The molecule has 0 aliphatic rings. The van der Waals surface area contributed by atoms with Crippen LogP contribution >= 0.6 is 31.9 Å². The first-order chi connectivity index (χ1) is 6.02. The quantitative estimate of drug-likeness (QED) is 0.364. The van der Waals surface area contributed by atoms with Gasteiger partial charge in [-0.2, -0.15) is 5.26 Å². The maximum Gasteiger partial charge on any atom is 0.163 e. The van der Waals surface area contributed by atoms with Crippen LogP contribution in [0.4, 0.5) is 0 Å². The van der Waals surface area contributed by atoms with Crippen molar-refractivity contribution < 1.29 is 5.11 Å². The minimum Gasteiger partial charge on any atom is -0.504 e. The Kier molecular flexibility index (Phi) is 5.84. The van der Waals surface area contributed by atoms with Gasteiger partial charge in [-0.25, -0.2) is 0 Å². The molecular weight excluding hydrogens is 300 g/mol. The number of nitriles is 1. The SMILES string of the molecule is CCC(Br)/C=C(Br)\C(O)=C(/N)C#N. The average molecular weight is 310 g/mol. The Morgan fingerprint density at radius 2 is 2.31 bits per heavy atom. The van der Waals surface area contributed by atoms with Gasteiger partial charge in [0.1, 0.15) is 6.07 Å². The highest BCUT2D eigenvalue weighted by Crippen LogP contribution is 2.20. The first-order valence-corrected chi connectivity index (χ1v) is 5.34. The van der Waals surface area contributed by atoms with E-state index in [-0.39, 0.29) is 16.3 Å². The van der Waals surface area contributed by atoms with Crippen LogP contribution in [0.2, 0.25) is 0 Å². The van der Waals surface area contributed by atoms with Gasteiger partial charge in [0.2, 0.25) is 0 Å². The molecule has 1 unspecified atom stereocenters.